The van der Waals surface area contributed by atoms with Crippen molar-refractivity contribution in [1.82, 2.24) is 0 Å². The van der Waals surface area contributed by atoms with Gasteiger partial charge in [-0.3, -0.25) is 14.5 Å². The van der Waals surface area contributed by atoms with Crippen LogP contribution in [0.25, 0.3) is 0 Å². The van der Waals surface area contributed by atoms with Crippen molar-refractivity contribution in [3.63, 3.8) is 0 Å². The molecule has 0 saturated heterocycles. The minimum Gasteiger partial charge on any atom is -0.490 e. The summed E-state index contributed by atoms with van der Waals surface area (Å²) in [6.07, 6.45) is 0. The fourth-order valence-electron chi connectivity index (χ4n) is 3.00. The Kier molecular flexibility index (Phi) is 7.11. The number of nitrogens with zero attached hydrogens (tertiary/aromatic N) is 1. The molecule has 160 valence electrons. The Morgan fingerprint density at radius 1 is 0.839 bits per heavy atom. The van der Waals surface area contributed by atoms with E-state index in [4.69, 9.17) is 15.2 Å². The van der Waals surface area contributed by atoms with Gasteiger partial charge in [-0.1, -0.05) is 18.2 Å². The van der Waals surface area contributed by atoms with E-state index in [2.05, 4.69) is 5.32 Å². The number of hydrogen-bond donors (Lipinski definition) is 2. The predicted molar refractivity (Wildman–Crippen MR) is 122 cm³/mol. The molecule has 3 rings (SSSR count). The first-order valence-electron chi connectivity index (χ1n) is 9.99. The molecule has 0 radical (unpaired) electrons. The highest BCUT2D eigenvalue weighted by atomic mass is 16.5. The molecule has 0 saturated carbocycles. The summed E-state index contributed by atoms with van der Waals surface area (Å²) < 4.78 is 11.1. The average molecular weight is 419 g/mol. The summed E-state index contributed by atoms with van der Waals surface area (Å²) >= 11 is 0. The Hall–Kier alpha value is -4.00. The Morgan fingerprint density at radius 3 is 2.10 bits per heavy atom. The first-order chi connectivity index (χ1) is 15.0. The molecule has 0 fully saturated rings. The fraction of sp³-hybridized carbons (Fsp3) is 0.167. The zero-order valence-corrected chi connectivity index (χ0v) is 17.5. The average Bonchev–Trinajstić information content (AvgIpc) is 2.78. The van der Waals surface area contributed by atoms with Crippen LogP contribution in [-0.4, -0.2) is 25.0 Å². The lowest BCUT2D eigenvalue weighted by Crippen LogP contribution is -2.36. The van der Waals surface area contributed by atoms with E-state index in [1.165, 1.54) is 4.90 Å². The Labute approximate surface area is 181 Å². The third kappa shape index (κ3) is 5.33. The maximum Gasteiger partial charge on any atom is 0.321 e. The minimum atomic E-state index is -0.785. The van der Waals surface area contributed by atoms with Crippen molar-refractivity contribution in [1.29, 1.82) is 0 Å². The lowest BCUT2D eigenvalue weighted by atomic mass is 10.2. The second-order valence-electron chi connectivity index (χ2n) is 6.55. The third-order valence-corrected chi connectivity index (χ3v) is 4.36. The van der Waals surface area contributed by atoms with Gasteiger partial charge < -0.3 is 20.5 Å². The summed E-state index contributed by atoms with van der Waals surface area (Å²) in [7, 11) is 0. The van der Waals surface area contributed by atoms with Crippen LogP contribution in [0.15, 0.2) is 72.8 Å². The molecule has 0 unspecified atom stereocenters. The minimum absolute atomic E-state index is 0.426. The van der Waals surface area contributed by atoms with E-state index in [1.807, 2.05) is 19.9 Å². The normalized spacial score (nSPS) is 10.3. The molecule has 0 aromatic heterocycles. The molecule has 0 heterocycles. The summed E-state index contributed by atoms with van der Waals surface area (Å²) in [4.78, 5) is 27.3. The van der Waals surface area contributed by atoms with E-state index >= 15 is 0 Å². The Balaban J connectivity index is 1.87. The van der Waals surface area contributed by atoms with E-state index in [0.717, 1.165) is 0 Å². The molecule has 31 heavy (non-hydrogen) atoms. The third-order valence-electron chi connectivity index (χ3n) is 4.36. The zero-order chi connectivity index (χ0) is 22.2. The molecule has 3 N–H and O–H groups in total. The van der Waals surface area contributed by atoms with Crippen LogP contribution in [0.4, 0.5) is 22.7 Å². The van der Waals surface area contributed by atoms with E-state index in [-0.39, 0.29) is 0 Å². The summed E-state index contributed by atoms with van der Waals surface area (Å²) in [6, 6.07) is 20.7. The van der Waals surface area contributed by atoms with Crippen molar-refractivity contribution >= 4 is 34.6 Å². The summed E-state index contributed by atoms with van der Waals surface area (Å²) in [6.45, 7) is 4.65. The van der Waals surface area contributed by atoms with Gasteiger partial charge in [0.2, 0.25) is 0 Å². The van der Waals surface area contributed by atoms with Crippen molar-refractivity contribution in [3.05, 3.63) is 72.8 Å². The zero-order valence-electron chi connectivity index (χ0n) is 17.5. The summed E-state index contributed by atoms with van der Waals surface area (Å²) in [5.41, 5.74) is 7.85. The van der Waals surface area contributed by atoms with Crippen LogP contribution < -0.4 is 25.4 Å². The number of carbonyl (C=O) groups is 2. The fourth-order valence-corrected chi connectivity index (χ4v) is 3.00. The predicted octanol–water partition coefficient (Wildman–Crippen LogP) is 4.37. The van der Waals surface area contributed by atoms with Gasteiger partial charge in [0.05, 0.1) is 13.2 Å². The SMILES string of the molecule is CCOc1ccc(NC(=O)C(=O)N(c2ccccc2)c2ccc(N)cc2)cc1OCC. The van der Waals surface area contributed by atoms with Crippen molar-refractivity contribution in [2.75, 3.05) is 29.2 Å². The van der Waals surface area contributed by atoms with Gasteiger partial charge in [0.15, 0.2) is 11.5 Å². The number of carbonyl (C=O) groups excluding carboxylic acids is 2. The molecular formula is C24H25N3O4. The molecule has 3 aromatic rings. The molecule has 7 nitrogen and oxygen atoms in total. The second-order valence-corrected chi connectivity index (χ2v) is 6.55. The van der Waals surface area contributed by atoms with Crippen molar-refractivity contribution in [2.24, 2.45) is 0 Å². The van der Waals surface area contributed by atoms with E-state index in [9.17, 15) is 9.59 Å². The van der Waals surface area contributed by atoms with Gasteiger partial charge in [0, 0.05) is 28.8 Å². The molecule has 2 amide bonds. The molecule has 0 aliphatic rings. The van der Waals surface area contributed by atoms with Crippen molar-refractivity contribution in [3.8, 4) is 11.5 Å². The lowest BCUT2D eigenvalue weighted by molar-refractivity contribution is -0.134. The van der Waals surface area contributed by atoms with Gasteiger partial charge in [0.25, 0.3) is 0 Å². The number of nitrogens with one attached hydrogen (secondary N) is 1. The largest absolute Gasteiger partial charge is 0.490 e. The second kappa shape index (κ2) is 10.2. The van der Waals surface area contributed by atoms with Crippen LogP contribution >= 0.6 is 0 Å². The van der Waals surface area contributed by atoms with Crippen LogP contribution in [0.2, 0.25) is 0 Å². The maximum atomic E-state index is 13.1. The quantitative estimate of drug-likeness (QED) is 0.438. The van der Waals surface area contributed by atoms with E-state index in [0.29, 0.717) is 47.5 Å². The first-order valence-corrected chi connectivity index (χ1v) is 9.99. The monoisotopic (exact) mass is 419 g/mol. The number of amides is 2. The van der Waals surface area contributed by atoms with Crippen molar-refractivity contribution in [2.45, 2.75) is 13.8 Å². The topological polar surface area (TPSA) is 93.9 Å². The van der Waals surface area contributed by atoms with E-state index < -0.39 is 11.8 Å². The standard InChI is InChI=1S/C24H25N3O4/c1-3-30-21-15-12-18(16-22(21)31-4-2)26-23(28)24(29)27(19-8-6-5-7-9-19)20-13-10-17(25)11-14-20/h5-16H,3-4,25H2,1-2H3,(H,26,28). The molecular weight excluding hydrogens is 394 g/mol. The van der Waals surface area contributed by atoms with Gasteiger partial charge in [-0.25, -0.2) is 0 Å². The molecule has 7 heteroatoms. The van der Waals surface area contributed by atoms with Crippen LogP contribution in [0, 0.1) is 0 Å². The van der Waals surface area contributed by atoms with E-state index in [1.54, 1.807) is 66.7 Å². The first kappa shape index (κ1) is 21.7. The van der Waals surface area contributed by atoms with Gasteiger partial charge >= 0.3 is 11.8 Å². The molecule has 3 aromatic carbocycles. The van der Waals surface area contributed by atoms with Gasteiger partial charge in [-0.05, 0) is 62.4 Å². The van der Waals surface area contributed by atoms with Gasteiger partial charge in [-0.2, -0.15) is 0 Å². The molecule has 0 aliphatic carbocycles. The molecule has 0 aliphatic heterocycles. The number of benzene rings is 3. The summed E-state index contributed by atoms with van der Waals surface area (Å²) in [5, 5.41) is 2.65. The highest BCUT2D eigenvalue weighted by Gasteiger charge is 2.25. The molecule has 0 spiro atoms. The summed E-state index contributed by atoms with van der Waals surface area (Å²) in [5.74, 6) is -0.454. The smallest absolute Gasteiger partial charge is 0.321 e. The highest BCUT2D eigenvalue weighted by molar-refractivity contribution is 6.45. The Morgan fingerprint density at radius 2 is 1.45 bits per heavy atom. The van der Waals surface area contributed by atoms with Crippen LogP contribution in [0.5, 0.6) is 11.5 Å². The lowest BCUT2D eigenvalue weighted by Gasteiger charge is -2.22. The van der Waals surface area contributed by atoms with Crippen LogP contribution in [0.1, 0.15) is 13.8 Å². The van der Waals surface area contributed by atoms with Gasteiger partial charge in [0.1, 0.15) is 0 Å². The number of ether oxygens (including phenoxy) is 2. The van der Waals surface area contributed by atoms with Gasteiger partial charge in [-0.15, -0.1) is 0 Å². The number of hydrogen-bond acceptors (Lipinski definition) is 5. The molecule has 0 bridgehead atoms. The van der Waals surface area contributed by atoms with Crippen LogP contribution in [-0.2, 0) is 9.59 Å². The maximum absolute atomic E-state index is 13.1. The van der Waals surface area contributed by atoms with Crippen molar-refractivity contribution < 1.29 is 19.1 Å². The Bertz CT molecular complexity index is 1040. The number of para-hydroxylation sites is 1. The van der Waals surface area contributed by atoms with Crippen LogP contribution in [0.3, 0.4) is 0 Å². The highest BCUT2D eigenvalue weighted by Crippen LogP contribution is 2.31. The number of rotatable bonds is 7. The number of nitrogens with two attached hydrogens (primary N) is 1. The number of nitrogen functional groups attached to an aromatic ring is 1. The number of anilines is 4. The molecule has 0 atom stereocenters.